The predicted octanol–water partition coefficient (Wildman–Crippen LogP) is 1.22. The van der Waals surface area contributed by atoms with Gasteiger partial charge in [-0.05, 0) is 35.2 Å². The summed E-state index contributed by atoms with van der Waals surface area (Å²) in [5, 5.41) is 29.1. The lowest BCUT2D eigenvalue weighted by atomic mass is 10.2. The molecule has 3 aromatic rings. The van der Waals surface area contributed by atoms with Crippen LogP contribution in [0.5, 0.6) is 0 Å². The number of nitrogens with zero attached hydrogens (tertiary/aromatic N) is 5. The van der Waals surface area contributed by atoms with Gasteiger partial charge in [0.1, 0.15) is 0 Å². The maximum Gasteiger partial charge on any atom is 0.335 e. The van der Waals surface area contributed by atoms with Crippen molar-refractivity contribution < 1.29 is 19.8 Å². The maximum atomic E-state index is 10.9. The van der Waals surface area contributed by atoms with Gasteiger partial charge in [-0.2, -0.15) is 4.80 Å². The zero-order valence-corrected chi connectivity index (χ0v) is 12.3. The quantitative estimate of drug-likeness (QED) is 0.705. The van der Waals surface area contributed by atoms with Crippen LogP contribution in [0.3, 0.4) is 0 Å². The molecule has 11 heteroatoms. The fourth-order valence-corrected chi connectivity index (χ4v) is 3.52. The molecule has 0 radical (unpaired) electrons. The van der Waals surface area contributed by atoms with Crippen LogP contribution in [0, 0.1) is 0 Å². The Balaban J connectivity index is 1.83. The maximum absolute atomic E-state index is 10.9. The van der Waals surface area contributed by atoms with E-state index < -0.39 is 11.9 Å². The van der Waals surface area contributed by atoms with Gasteiger partial charge >= 0.3 is 11.9 Å². The lowest BCUT2D eigenvalue weighted by Crippen LogP contribution is -2.11. The first-order valence-corrected chi connectivity index (χ1v) is 7.46. The van der Waals surface area contributed by atoms with Gasteiger partial charge < -0.3 is 10.2 Å². The number of hydrogen-bond acceptors (Lipinski definition) is 8. The van der Waals surface area contributed by atoms with Crippen LogP contribution in [-0.2, 0) is 11.3 Å². The third kappa shape index (κ3) is 3.04. The number of aliphatic carboxylic acids is 1. The number of aromatic carboxylic acids is 1. The van der Waals surface area contributed by atoms with Crippen molar-refractivity contribution in [3.63, 3.8) is 0 Å². The third-order valence-corrected chi connectivity index (χ3v) is 4.43. The highest BCUT2D eigenvalue weighted by Gasteiger charge is 2.12. The Kier molecular flexibility index (Phi) is 3.73. The number of carboxylic acids is 2. The van der Waals surface area contributed by atoms with Crippen LogP contribution >= 0.6 is 23.1 Å². The molecule has 0 aliphatic heterocycles. The first kappa shape index (κ1) is 14.4. The number of rotatable bonds is 5. The second-order valence-electron chi connectivity index (χ2n) is 4.07. The smallest absolute Gasteiger partial charge is 0.335 e. The molecule has 112 valence electrons. The van der Waals surface area contributed by atoms with Gasteiger partial charge in [-0.15, -0.1) is 21.5 Å². The van der Waals surface area contributed by atoms with Crippen molar-refractivity contribution in [3.05, 3.63) is 23.8 Å². The van der Waals surface area contributed by atoms with E-state index in [0.29, 0.717) is 9.86 Å². The van der Waals surface area contributed by atoms with Gasteiger partial charge in [0.2, 0.25) is 5.16 Å². The van der Waals surface area contributed by atoms with Gasteiger partial charge in [-0.3, -0.25) is 4.79 Å². The fraction of sp³-hybridized carbons (Fsp3) is 0.0909. The Morgan fingerprint density at radius 3 is 2.86 bits per heavy atom. The minimum atomic E-state index is -1.06. The van der Waals surface area contributed by atoms with Gasteiger partial charge in [-0.25, -0.2) is 9.78 Å². The normalized spacial score (nSPS) is 10.9. The summed E-state index contributed by atoms with van der Waals surface area (Å²) in [7, 11) is 0. The summed E-state index contributed by atoms with van der Waals surface area (Å²) in [4.78, 5) is 26.8. The largest absolute Gasteiger partial charge is 0.480 e. The summed E-state index contributed by atoms with van der Waals surface area (Å²) in [5.41, 5.74) is 0.869. The summed E-state index contributed by atoms with van der Waals surface area (Å²) >= 11 is 2.44. The van der Waals surface area contributed by atoms with Crippen LogP contribution in [0.25, 0.3) is 10.2 Å². The topological polar surface area (TPSA) is 131 Å². The average molecular weight is 337 g/mol. The number of carbonyl (C=O) groups is 2. The van der Waals surface area contributed by atoms with Crippen LogP contribution < -0.4 is 0 Å². The van der Waals surface area contributed by atoms with Crippen molar-refractivity contribution in [3.8, 4) is 0 Å². The number of thiazole rings is 1. The lowest BCUT2D eigenvalue weighted by molar-refractivity contribution is -0.138. The van der Waals surface area contributed by atoms with Crippen LogP contribution in [0.2, 0.25) is 0 Å². The second-order valence-corrected chi connectivity index (χ2v) is 6.31. The Bertz CT molecular complexity index is 874. The van der Waals surface area contributed by atoms with Crippen molar-refractivity contribution in [2.24, 2.45) is 0 Å². The Hall–Kier alpha value is -2.53. The minimum absolute atomic E-state index is 0.193. The van der Waals surface area contributed by atoms with Crippen LogP contribution in [0.4, 0.5) is 0 Å². The molecule has 0 aliphatic rings. The monoisotopic (exact) mass is 337 g/mol. The summed E-state index contributed by atoms with van der Waals surface area (Å²) < 4.78 is 1.35. The zero-order chi connectivity index (χ0) is 15.7. The zero-order valence-electron chi connectivity index (χ0n) is 10.7. The first-order chi connectivity index (χ1) is 10.5. The molecule has 0 unspecified atom stereocenters. The number of tetrazole rings is 1. The molecule has 0 aliphatic carbocycles. The van der Waals surface area contributed by atoms with Crippen LogP contribution in [0.15, 0.2) is 27.7 Å². The number of hydrogen-bond donors (Lipinski definition) is 2. The first-order valence-electron chi connectivity index (χ1n) is 5.82. The van der Waals surface area contributed by atoms with E-state index in [1.165, 1.54) is 17.4 Å². The van der Waals surface area contributed by atoms with E-state index in [1.807, 2.05) is 0 Å². The van der Waals surface area contributed by atoms with Crippen molar-refractivity contribution in [1.82, 2.24) is 25.2 Å². The molecule has 0 spiro atoms. The van der Waals surface area contributed by atoms with E-state index in [0.717, 1.165) is 21.3 Å². The molecule has 0 saturated carbocycles. The molecule has 22 heavy (non-hydrogen) atoms. The second kappa shape index (κ2) is 5.69. The van der Waals surface area contributed by atoms with E-state index in [9.17, 15) is 9.59 Å². The summed E-state index contributed by atoms with van der Waals surface area (Å²) in [5.74, 6) is -2.06. The number of aromatic nitrogens is 5. The number of benzene rings is 1. The van der Waals surface area contributed by atoms with E-state index in [-0.39, 0.29) is 17.3 Å². The third-order valence-electron chi connectivity index (χ3n) is 2.51. The van der Waals surface area contributed by atoms with Crippen LogP contribution in [-0.4, -0.2) is 47.3 Å². The SMILES string of the molecule is O=C(O)Cn1nnc(Sc2nc3ccc(C(=O)O)cc3s2)n1. The molecule has 0 bridgehead atoms. The molecular formula is C11H7N5O4S2. The van der Waals surface area contributed by atoms with E-state index in [1.54, 1.807) is 12.1 Å². The molecule has 3 rings (SSSR count). The highest BCUT2D eigenvalue weighted by molar-refractivity contribution is 8.01. The minimum Gasteiger partial charge on any atom is -0.480 e. The highest BCUT2D eigenvalue weighted by Crippen LogP contribution is 2.32. The molecule has 0 amide bonds. The molecule has 9 nitrogen and oxygen atoms in total. The van der Waals surface area contributed by atoms with E-state index in [4.69, 9.17) is 10.2 Å². The molecule has 1 aromatic carbocycles. The molecule has 0 fully saturated rings. The Labute approximate surface area is 130 Å². The van der Waals surface area contributed by atoms with Crippen molar-refractivity contribution >= 4 is 45.3 Å². The number of fused-ring (bicyclic) bond motifs is 1. The molecule has 0 atom stereocenters. The lowest BCUT2D eigenvalue weighted by Gasteiger charge is -1.91. The van der Waals surface area contributed by atoms with Gasteiger partial charge in [0.15, 0.2) is 10.9 Å². The van der Waals surface area contributed by atoms with E-state index >= 15 is 0 Å². The van der Waals surface area contributed by atoms with Gasteiger partial charge in [0.05, 0.1) is 15.8 Å². The summed E-state index contributed by atoms with van der Waals surface area (Å²) in [6.45, 7) is -0.366. The predicted molar refractivity (Wildman–Crippen MR) is 76.2 cm³/mol. The van der Waals surface area contributed by atoms with Crippen molar-refractivity contribution in [2.45, 2.75) is 16.0 Å². The molecule has 2 aromatic heterocycles. The molecule has 2 N–H and O–H groups in total. The summed E-state index contributed by atoms with van der Waals surface area (Å²) in [6.07, 6.45) is 0. The highest BCUT2D eigenvalue weighted by atomic mass is 32.2. The van der Waals surface area contributed by atoms with Gasteiger partial charge in [0.25, 0.3) is 0 Å². The van der Waals surface area contributed by atoms with Gasteiger partial charge in [-0.1, -0.05) is 0 Å². The molecule has 2 heterocycles. The Morgan fingerprint density at radius 2 is 2.14 bits per heavy atom. The van der Waals surface area contributed by atoms with E-state index in [2.05, 4.69) is 20.4 Å². The standard InChI is InChI=1S/C11H7N5O4S2/c17-8(18)4-16-14-10(13-15-16)22-11-12-6-2-1-5(9(19)20)3-7(6)21-11/h1-3H,4H2,(H,17,18)(H,19,20). The van der Waals surface area contributed by atoms with Crippen LogP contribution in [0.1, 0.15) is 10.4 Å². The number of carboxylic acid groups (broad SMARTS) is 2. The molecular weight excluding hydrogens is 330 g/mol. The molecule has 0 saturated heterocycles. The van der Waals surface area contributed by atoms with Crippen molar-refractivity contribution in [1.29, 1.82) is 0 Å². The van der Waals surface area contributed by atoms with Gasteiger partial charge in [0, 0.05) is 0 Å². The fourth-order valence-electron chi connectivity index (χ4n) is 1.62. The average Bonchev–Trinajstić information content (AvgIpc) is 3.03. The Morgan fingerprint density at radius 1 is 1.32 bits per heavy atom. The van der Waals surface area contributed by atoms with Crippen molar-refractivity contribution in [2.75, 3.05) is 0 Å². The summed E-state index contributed by atoms with van der Waals surface area (Å²) in [6, 6.07) is 4.67.